The van der Waals surface area contributed by atoms with Crippen LogP contribution in [0.15, 0.2) is 65.8 Å². The number of nitrogens with zero attached hydrogens (tertiary/aromatic N) is 2. The molecule has 0 amide bonds. The number of hydrogen-bond donors (Lipinski definition) is 1. The van der Waals surface area contributed by atoms with Gasteiger partial charge < -0.3 is 0 Å². The summed E-state index contributed by atoms with van der Waals surface area (Å²) in [7, 11) is -3.77. The van der Waals surface area contributed by atoms with Gasteiger partial charge >= 0.3 is 0 Å². The summed E-state index contributed by atoms with van der Waals surface area (Å²) in [5.41, 5.74) is 1.62. The lowest BCUT2D eigenvalue weighted by Crippen LogP contribution is -2.23. The van der Waals surface area contributed by atoms with E-state index in [0.29, 0.717) is 0 Å². The van der Waals surface area contributed by atoms with Crippen LogP contribution in [0.5, 0.6) is 0 Å². The Balaban J connectivity index is 1.76. The maximum atomic E-state index is 12.4. The normalized spacial score (nSPS) is 11.6. The summed E-state index contributed by atoms with van der Waals surface area (Å²) in [6, 6.07) is 14.0. The summed E-state index contributed by atoms with van der Waals surface area (Å²) in [5, 5.41) is 4.42. The van der Waals surface area contributed by atoms with Crippen molar-refractivity contribution < 1.29 is 8.42 Å². The van der Waals surface area contributed by atoms with E-state index >= 15 is 0 Å². The van der Waals surface area contributed by atoms with Crippen LogP contribution in [-0.4, -0.2) is 18.2 Å². The van der Waals surface area contributed by atoms with Gasteiger partial charge in [-0.2, -0.15) is 5.10 Å². The van der Waals surface area contributed by atoms with E-state index in [9.17, 15) is 8.42 Å². The predicted octanol–water partition coefficient (Wildman–Crippen LogP) is 3.66. The molecule has 8 heteroatoms. The number of halogens is 2. The Bertz CT molecular complexity index is 956. The first-order valence-corrected chi connectivity index (χ1v) is 9.24. The van der Waals surface area contributed by atoms with E-state index in [4.69, 9.17) is 23.2 Å². The molecule has 1 N–H and O–H groups in total. The molecular formula is C16H13Cl2N3O2S. The van der Waals surface area contributed by atoms with E-state index in [2.05, 4.69) is 9.82 Å². The number of sulfonamides is 1. The van der Waals surface area contributed by atoms with Gasteiger partial charge in [0.2, 0.25) is 10.0 Å². The summed E-state index contributed by atoms with van der Waals surface area (Å²) < 4.78 is 28.9. The maximum Gasteiger partial charge on any atom is 0.242 e. The minimum absolute atomic E-state index is 0.00615. The van der Waals surface area contributed by atoms with Crippen molar-refractivity contribution in [3.8, 4) is 5.69 Å². The molecule has 3 rings (SSSR count). The second-order valence-corrected chi connectivity index (χ2v) is 7.53. The number of benzene rings is 2. The third-order valence-electron chi connectivity index (χ3n) is 3.33. The average molecular weight is 382 g/mol. The lowest BCUT2D eigenvalue weighted by atomic mass is 10.3. The number of para-hydroxylation sites is 1. The monoisotopic (exact) mass is 381 g/mol. The zero-order valence-electron chi connectivity index (χ0n) is 12.4. The fourth-order valence-electron chi connectivity index (χ4n) is 2.12. The highest BCUT2D eigenvalue weighted by Gasteiger charge is 2.19. The van der Waals surface area contributed by atoms with Gasteiger partial charge in [0, 0.05) is 18.3 Å². The van der Waals surface area contributed by atoms with Gasteiger partial charge in [-0.1, -0.05) is 47.5 Å². The molecule has 0 aliphatic carbocycles. The Morgan fingerprint density at radius 1 is 1.04 bits per heavy atom. The first-order valence-electron chi connectivity index (χ1n) is 7.00. The van der Waals surface area contributed by atoms with Gasteiger partial charge in [-0.3, -0.25) is 0 Å². The molecule has 0 atom stereocenters. The van der Waals surface area contributed by atoms with E-state index in [1.54, 1.807) is 17.1 Å². The second kappa shape index (κ2) is 6.94. The molecule has 0 aliphatic heterocycles. The van der Waals surface area contributed by atoms with Crippen molar-refractivity contribution in [2.75, 3.05) is 0 Å². The minimum atomic E-state index is -3.77. The molecule has 5 nitrogen and oxygen atoms in total. The van der Waals surface area contributed by atoms with Crippen LogP contribution >= 0.6 is 23.2 Å². The highest BCUT2D eigenvalue weighted by Crippen LogP contribution is 2.28. The molecule has 0 spiro atoms. The molecule has 0 bridgehead atoms. The van der Waals surface area contributed by atoms with Gasteiger partial charge in [0.05, 0.1) is 21.9 Å². The number of hydrogen-bond acceptors (Lipinski definition) is 3. The molecular weight excluding hydrogens is 369 g/mol. The molecule has 24 heavy (non-hydrogen) atoms. The molecule has 0 saturated heterocycles. The van der Waals surface area contributed by atoms with Crippen molar-refractivity contribution in [2.45, 2.75) is 11.4 Å². The number of nitrogens with one attached hydrogen (secondary N) is 1. The van der Waals surface area contributed by atoms with Crippen molar-refractivity contribution >= 4 is 33.2 Å². The summed E-state index contributed by atoms with van der Waals surface area (Å²) >= 11 is 11.8. The summed E-state index contributed by atoms with van der Waals surface area (Å²) in [6.45, 7) is 0.0952. The number of rotatable bonds is 5. The molecule has 3 aromatic rings. The summed E-state index contributed by atoms with van der Waals surface area (Å²) in [5.74, 6) is 0. The van der Waals surface area contributed by atoms with Gasteiger partial charge in [0.25, 0.3) is 0 Å². The third kappa shape index (κ3) is 3.62. The SMILES string of the molecule is O=S(=O)(NCc1cnn(-c2ccccc2)c1)c1cccc(Cl)c1Cl. The number of aromatic nitrogens is 2. The van der Waals surface area contributed by atoms with Crippen molar-refractivity contribution in [2.24, 2.45) is 0 Å². The lowest BCUT2D eigenvalue weighted by molar-refractivity contribution is 0.581. The van der Waals surface area contributed by atoms with Crippen LogP contribution in [0.25, 0.3) is 5.69 Å². The average Bonchev–Trinajstić information content (AvgIpc) is 3.05. The van der Waals surface area contributed by atoms with Crippen molar-refractivity contribution in [1.82, 2.24) is 14.5 Å². The highest BCUT2D eigenvalue weighted by atomic mass is 35.5. The summed E-state index contributed by atoms with van der Waals surface area (Å²) in [6.07, 6.45) is 3.37. The smallest absolute Gasteiger partial charge is 0.241 e. The third-order valence-corrected chi connectivity index (χ3v) is 5.70. The Morgan fingerprint density at radius 2 is 1.79 bits per heavy atom. The zero-order chi connectivity index (χ0) is 17.2. The van der Waals surface area contributed by atoms with Crippen LogP contribution < -0.4 is 4.72 Å². The molecule has 124 valence electrons. The Kier molecular flexibility index (Phi) is 4.91. The first kappa shape index (κ1) is 17.0. The Labute approximate surface area is 149 Å². The predicted molar refractivity (Wildman–Crippen MR) is 94.1 cm³/mol. The van der Waals surface area contributed by atoms with Crippen LogP contribution in [0.4, 0.5) is 0 Å². The topological polar surface area (TPSA) is 64.0 Å². The molecule has 0 saturated carbocycles. The quantitative estimate of drug-likeness (QED) is 0.733. The van der Waals surface area contributed by atoms with Crippen molar-refractivity contribution in [3.63, 3.8) is 0 Å². The minimum Gasteiger partial charge on any atom is -0.241 e. The maximum absolute atomic E-state index is 12.4. The van der Waals surface area contributed by atoms with Gasteiger partial charge in [0.15, 0.2) is 0 Å². The van der Waals surface area contributed by atoms with E-state index in [1.807, 2.05) is 30.3 Å². The van der Waals surface area contributed by atoms with E-state index in [-0.39, 0.29) is 21.5 Å². The van der Waals surface area contributed by atoms with Gasteiger partial charge in [-0.25, -0.2) is 17.8 Å². The van der Waals surface area contributed by atoms with Crippen molar-refractivity contribution in [1.29, 1.82) is 0 Å². The van der Waals surface area contributed by atoms with Crippen LogP contribution in [0, 0.1) is 0 Å². The molecule has 1 heterocycles. The summed E-state index contributed by atoms with van der Waals surface area (Å²) in [4.78, 5) is -0.0490. The zero-order valence-corrected chi connectivity index (χ0v) is 14.7. The van der Waals surface area contributed by atoms with Crippen molar-refractivity contribution in [3.05, 3.63) is 76.5 Å². The molecule has 2 aromatic carbocycles. The van der Waals surface area contributed by atoms with E-state index < -0.39 is 10.0 Å². The highest BCUT2D eigenvalue weighted by molar-refractivity contribution is 7.89. The fraction of sp³-hybridized carbons (Fsp3) is 0.0625. The standard InChI is InChI=1S/C16H13Cl2N3O2S/c17-14-7-4-8-15(16(14)18)24(22,23)20-10-12-9-19-21(11-12)13-5-2-1-3-6-13/h1-9,11,20H,10H2. The van der Waals surface area contributed by atoms with Crippen LogP contribution in [-0.2, 0) is 16.6 Å². The Hall–Kier alpha value is -1.86. The van der Waals surface area contributed by atoms with Crippen LogP contribution in [0.3, 0.4) is 0 Å². The molecule has 1 aromatic heterocycles. The van der Waals surface area contributed by atoms with E-state index in [1.165, 1.54) is 18.2 Å². The van der Waals surface area contributed by atoms with Crippen LogP contribution in [0.1, 0.15) is 5.56 Å². The van der Waals surface area contributed by atoms with Gasteiger partial charge in [0.1, 0.15) is 4.90 Å². The first-order chi connectivity index (χ1) is 11.5. The largest absolute Gasteiger partial charge is 0.242 e. The van der Waals surface area contributed by atoms with Gasteiger partial charge in [-0.05, 0) is 24.3 Å². The second-order valence-electron chi connectivity index (χ2n) is 5.01. The Morgan fingerprint density at radius 3 is 2.54 bits per heavy atom. The molecule has 0 unspecified atom stereocenters. The van der Waals surface area contributed by atoms with Crippen LogP contribution in [0.2, 0.25) is 10.0 Å². The van der Waals surface area contributed by atoms with Gasteiger partial charge in [-0.15, -0.1) is 0 Å². The van der Waals surface area contributed by atoms with E-state index in [0.717, 1.165) is 11.3 Å². The fourth-order valence-corrected chi connectivity index (χ4v) is 3.90. The molecule has 0 aliphatic rings. The lowest BCUT2D eigenvalue weighted by Gasteiger charge is -2.08. The molecule has 0 fully saturated rings. The molecule has 0 radical (unpaired) electrons.